The van der Waals surface area contributed by atoms with Crippen LogP contribution in [0.3, 0.4) is 0 Å². The van der Waals surface area contributed by atoms with Crippen LogP contribution in [0.2, 0.25) is 6.04 Å². The highest BCUT2D eigenvalue weighted by molar-refractivity contribution is 6.67. The van der Waals surface area contributed by atoms with E-state index in [0.29, 0.717) is 0 Å². The van der Waals surface area contributed by atoms with Gasteiger partial charge in [0, 0.05) is 48.1 Å². The molecule has 0 aromatic rings. The van der Waals surface area contributed by atoms with Gasteiger partial charge in [-0.2, -0.15) is 0 Å². The van der Waals surface area contributed by atoms with Gasteiger partial charge in [0.2, 0.25) is 0 Å². The number of rotatable bonds is 16. The number of ether oxygens (including phenoxy) is 2. The lowest BCUT2D eigenvalue weighted by Crippen LogP contribution is -2.59. The van der Waals surface area contributed by atoms with Crippen molar-refractivity contribution >= 4 is 53.4 Å². The zero-order valence-corrected chi connectivity index (χ0v) is 23.5. The normalized spacial score (nSPS) is 12.1. The standard InChI is InChI=1S/C20H34O14Si2/c1-8-20(36(32-17(5)24,33-18(6)25)34-19(7)26)28-12-11-27-10-9-13-35(29-14(2)21,30-15(3)22)31-16(4)23/h20H,8-13H2,1-7H3. The van der Waals surface area contributed by atoms with Gasteiger partial charge >= 0.3 is 17.6 Å². The zero-order valence-electron chi connectivity index (χ0n) is 21.5. The first kappa shape index (κ1) is 33.2. The lowest BCUT2D eigenvalue weighted by Gasteiger charge is -2.31. The third-order valence-electron chi connectivity index (χ3n) is 3.84. The maximum atomic E-state index is 11.6. The summed E-state index contributed by atoms with van der Waals surface area (Å²) in [5.41, 5.74) is -1.03. The summed E-state index contributed by atoms with van der Waals surface area (Å²) in [6.07, 6.45) is 0.381. The second-order valence-corrected chi connectivity index (χ2v) is 12.3. The molecule has 0 amide bonds. The van der Waals surface area contributed by atoms with Gasteiger partial charge in [-0.1, -0.05) is 6.92 Å². The zero-order chi connectivity index (χ0) is 27.9. The summed E-state index contributed by atoms with van der Waals surface area (Å²) in [4.78, 5) is 69.3. The van der Waals surface area contributed by atoms with Gasteiger partial charge in [0.25, 0.3) is 35.8 Å². The van der Waals surface area contributed by atoms with Crippen molar-refractivity contribution in [1.82, 2.24) is 0 Å². The van der Waals surface area contributed by atoms with Crippen LogP contribution in [0, 0.1) is 0 Å². The van der Waals surface area contributed by atoms with Crippen LogP contribution in [0.25, 0.3) is 0 Å². The van der Waals surface area contributed by atoms with E-state index in [-0.39, 0.29) is 38.7 Å². The molecule has 36 heavy (non-hydrogen) atoms. The molecular formula is C20H34O14Si2. The summed E-state index contributed by atoms with van der Waals surface area (Å²) < 4.78 is 41.9. The fraction of sp³-hybridized carbons (Fsp3) is 0.700. The van der Waals surface area contributed by atoms with Crippen molar-refractivity contribution in [2.45, 2.75) is 73.1 Å². The van der Waals surface area contributed by atoms with Gasteiger partial charge in [-0.15, -0.1) is 0 Å². The van der Waals surface area contributed by atoms with Crippen LogP contribution in [-0.4, -0.2) is 79.0 Å². The molecule has 0 radical (unpaired) electrons. The fourth-order valence-corrected chi connectivity index (χ4v) is 7.81. The first-order valence-corrected chi connectivity index (χ1v) is 14.8. The largest absolute Gasteiger partial charge is 0.735 e. The Morgan fingerprint density at radius 2 is 0.972 bits per heavy atom. The molecule has 1 atom stereocenters. The predicted octanol–water partition coefficient (Wildman–Crippen LogP) is 0.984. The van der Waals surface area contributed by atoms with Crippen molar-refractivity contribution in [3.8, 4) is 0 Å². The predicted molar refractivity (Wildman–Crippen MR) is 122 cm³/mol. The van der Waals surface area contributed by atoms with Gasteiger partial charge in [-0.05, 0) is 12.8 Å². The summed E-state index contributed by atoms with van der Waals surface area (Å²) in [5, 5.41) is 0. The molecule has 14 nitrogen and oxygen atoms in total. The van der Waals surface area contributed by atoms with E-state index in [4.69, 9.17) is 36.0 Å². The van der Waals surface area contributed by atoms with Gasteiger partial charge in [0.15, 0.2) is 5.73 Å². The molecule has 0 saturated heterocycles. The third kappa shape index (κ3) is 13.3. The van der Waals surface area contributed by atoms with Crippen molar-refractivity contribution < 1.29 is 64.8 Å². The molecule has 0 heterocycles. The molecule has 0 aliphatic rings. The Kier molecular flexibility index (Phi) is 14.8. The first-order valence-electron chi connectivity index (χ1n) is 11.0. The van der Waals surface area contributed by atoms with E-state index < -0.39 is 59.2 Å². The summed E-state index contributed by atoms with van der Waals surface area (Å²) in [7, 11) is -8.18. The molecule has 0 aromatic carbocycles. The molecule has 1 unspecified atom stereocenters. The third-order valence-corrected chi connectivity index (χ3v) is 9.68. The number of carbonyl (C=O) groups is 6. The van der Waals surface area contributed by atoms with Crippen molar-refractivity contribution in [3.05, 3.63) is 0 Å². The minimum Gasteiger partial charge on any atom is -0.455 e. The minimum atomic E-state index is -4.23. The molecule has 0 bridgehead atoms. The highest BCUT2D eigenvalue weighted by Crippen LogP contribution is 2.22. The van der Waals surface area contributed by atoms with E-state index in [0.717, 1.165) is 41.5 Å². The Morgan fingerprint density at radius 3 is 1.31 bits per heavy atom. The molecule has 0 aliphatic carbocycles. The molecule has 0 aromatic heterocycles. The van der Waals surface area contributed by atoms with E-state index in [9.17, 15) is 28.8 Å². The van der Waals surface area contributed by atoms with Gasteiger partial charge in [0.05, 0.1) is 19.3 Å². The molecule has 0 rings (SSSR count). The Morgan fingerprint density at radius 1 is 0.583 bits per heavy atom. The Hall–Kier alpha value is -2.83. The van der Waals surface area contributed by atoms with Crippen LogP contribution in [0.15, 0.2) is 0 Å². The first-order chi connectivity index (χ1) is 16.7. The quantitative estimate of drug-likeness (QED) is 0.195. The Labute approximate surface area is 211 Å². The van der Waals surface area contributed by atoms with Gasteiger partial charge in [-0.3, -0.25) is 28.8 Å². The minimum absolute atomic E-state index is 0.0183. The molecular weight excluding hydrogens is 520 g/mol. The topological polar surface area (TPSA) is 176 Å². The van der Waals surface area contributed by atoms with Crippen LogP contribution < -0.4 is 0 Å². The summed E-state index contributed by atoms with van der Waals surface area (Å²) >= 11 is 0. The van der Waals surface area contributed by atoms with E-state index >= 15 is 0 Å². The number of carbonyl (C=O) groups excluding carboxylic acids is 6. The molecule has 0 N–H and O–H groups in total. The molecule has 0 saturated carbocycles. The van der Waals surface area contributed by atoms with Crippen molar-refractivity contribution in [2.24, 2.45) is 0 Å². The molecule has 0 aliphatic heterocycles. The van der Waals surface area contributed by atoms with Crippen molar-refractivity contribution in [3.63, 3.8) is 0 Å². The van der Waals surface area contributed by atoms with Crippen LogP contribution in [0.5, 0.6) is 0 Å². The second kappa shape index (κ2) is 16.0. The van der Waals surface area contributed by atoms with Gasteiger partial charge < -0.3 is 36.0 Å². The molecule has 0 fully saturated rings. The van der Waals surface area contributed by atoms with Crippen molar-refractivity contribution in [1.29, 1.82) is 0 Å². The Balaban J connectivity index is 5.07. The summed E-state index contributed by atoms with van der Waals surface area (Å²) in [5.74, 6) is -4.77. The smallest absolute Gasteiger partial charge is 0.455 e. The summed E-state index contributed by atoms with van der Waals surface area (Å²) in [6.45, 7) is 8.22. The van der Waals surface area contributed by atoms with Crippen LogP contribution in [0.4, 0.5) is 0 Å². The van der Waals surface area contributed by atoms with Crippen LogP contribution in [-0.2, 0) is 64.8 Å². The van der Waals surface area contributed by atoms with Crippen molar-refractivity contribution in [2.75, 3.05) is 19.8 Å². The highest BCUT2D eigenvalue weighted by Gasteiger charge is 2.60. The SMILES string of the molecule is CCC(OCCOCCC[Si](OC(C)=O)(OC(C)=O)OC(C)=O)[Si](OC(C)=O)(OC(C)=O)OC(C)=O. The van der Waals surface area contributed by atoms with E-state index in [1.54, 1.807) is 6.92 Å². The monoisotopic (exact) mass is 554 g/mol. The van der Waals surface area contributed by atoms with E-state index in [1.165, 1.54) is 0 Å². The average Bonchev–Trinajstić information content (AvgIpc) is 2.66. The lowest BCUT2D eigenvalue weighted by atomic mass is 10.5. The fourth-order valence-electron chi connectivity index (χ4n) is 2.95. The maximum Gasteiger partial charge on any atom is 0.735 e. The number of hydrogen-bond donors (Lipinski definition) is 0. The van der Waals surface area contributed by atoms with Crippen LogP contribution in [0.1, 0.15) is 61.3 Å². The molecule has 16 heteroatoms. The molecule has 0 spiro atoms. The Bertz CT molecular complexity index is 718. The van der Waals surface area contributed by atoms with E-state index in [1.807, 2.05) is 0 Å². The van der Waals surface area contributed by atoms with Crippen LogP contribution >= 0.6 is 0 Å². The van der Waals surface area contributed by atoms with E-state index in [2.05, 4.69) is 0 Å². The lowest BCUT2D eigenvalue weighted by molar-refractivity contribution is -0.153. The summed E-state index contributed by atoms with van der Waals surface area (Å²) in [6, 6.07) is -0.0639. The van der Waals surface area contributed by atoms with Gasteiger partial charge in [0.1, 0.15) is 0 Å². The molecule has 206 valence electrons. The average molecular weight is 555 g/mol. The van der Waals surface area contributed by atoms with Gasteiger partial charge in [-0.25, -0.2) is 0 Å². The maximum absolute atomic E-state index is 11.6. The number of hydrogen-bond acceptors (Lipinski definition) is 14. The second-order valence-electron chi connectivity index (χ2n) is 7.33. The highest BCUT2D eigenvalue weighted by atomic mass is 28.4.